The molecule has 6 heteroatoms. The van der Waals surface area contributed by atoms with Crippen molar-refractivity contribution >= 4 is 18.2 Å². The summed E-state index contributed by atoms with van der Waals surface area (Å²) >= 11 is 5.05. The van der Waals surface area contributed by atoms with Crippen LogP contribution in [0.4, 0.5) is 5.95 Å². The Kier molecular flexibility index (Phi) is 2.09. The molecule has 0 bridgehead atoms. The summed E-state index contributed by atoms with van der Waals surface area (Å²) in [4.78, 5) is 0. The molecule has 3 N–H and O–H groups in total. The Balaban J connectivity index is 2.15. The van der Waals surface area contributed by atoms with Gasteiger partial charge < -0.3 is 10.5 Å². The van der Waals surface area contributed by atoms with Gasteiger partial charge in [0.15, 0.2) is 4.77 Å². The molecule has 1 saturated carbocycles. The van der Waals surface area contributed by atoms with Crippen LogP contribution in [0.15, 0.2) is 0 Å². The molecule has 0 amide bonds. The van der Waals surface area contributed by atoms with Gasteiger partial charge in [0.2, 0.25) is 5.95 Å². The molecule has 72 valence electrons. The fraction of sp³-hybridized carbons (Fsp3) is 0.714. The summed E-state index contributed by atoms with van der Waals surface area (Å²) in [5, 5.41) is 6.52. The van der Waals surface area contributed by atoms with Crippen molar-refractivity contribution in [3.63, 3.8) is 0 Å². The summed E-state index contributed by atoms with van der Waals surface area (Å²) in [7, 11) is 1.72. The number of aromatic nitrogens is 3. The maximum atomic E-state index is 5.65. The second-order valence-corrected chi connectivity index (χ2v) is 3.63. The van der Waals surface area contributed by atoms with Gasteiger partial charge in [-0.2, -0.15) is 0 Å². The van der Waals surface area contributed by atoms with Crippen LogP contribution >= 0.6 is 12.2 Å². The minimum absolute atomic E-state index is 0.348. The highest BCUT2D eigenvalue weighted by Gasteiger charge is 2.32. The zero-order chi connectivity index (χ0) is 9.42. The van der Waals surface area contributed by atoms with E-state index in [0.717, 1.165) is 12.8 Å². The number of aromatic amines is 1. The van der Waals surface area contributed by atoms with Gasteiger partial charge in [-0.05, 0) is 25.1 Å². The number of anilines is 1. The molecule has 1 fully saturated rings. The molecule has 0 unspecified atom stereocenters. The minimum atomic E-state index is 0.348. The summed E-state index contributed by atoms with van der Waals surface area (Å²) in [6.45, 7) is 0. The summed E-state index contributed by atoms with van der Waals surface area (Å²) in [5.41, 5.74) is 5.65. The van der Waals surface area contributed by atoms with Gasteiger partial charge in [-0.1, -0.05) is 0 Å². The van der Waals surface area contributed by atoms with E-state index in [4.69, 9.17) is 22.7 Å². The quantitative estimate of drug-likeness (QED) is 0.695. The van der Waals surface area contributed by atoms with Crippen molar-refractivity contribution in [3.05, 3.63) is 4.77 Å². The third-order valence-electron chi connectivity index (χ3n) is 2.50. The van der Waals surface area contributed by atoms with E-state index in [1.54, 1.807) is 7.11 Å². The zero-order valence-electron chi connectivity index (χ0n) is 7.36. The van der Waals surface area contributed by atoms with Crippen LogP contribution in [0.3, 0.4) is 0 Å². The lowest BCUT2D eigenvalue weighted by Crippen LogP contribution is -2.33. The number of hydrogen-bond acceptors (Lipinski definition) is 4. The summed E-state index contributed by atoms with van der Waals surface area (Å²) in [6, 6.07) is 0.358. The summed E-state index contributed by atoms with van der Waals surface area (Å²) < 4.78 is 7.62. The second-order valence-electron chi connectivity index (χ2n) is 3.24. The molecule has 1 aliphatic carbocycles. The van der Waals surface area contributed by atoms with Crippen LogP contribution in [-0.2, 0) is 4.74 Å². The largest absolute Gasteiger partial charge is 0.381 e. The monoisotopic (exact) mass is 200 g/mol. The number of rotatable bonds is 2. The normalized spacial score (nSPS) is 27.2. The molecule has 1 aromatic heterocycles. The molecule has 0 atom stereocenters. The zero-order valence-corrected chi connectivity index (χ0v) is 8.17. The maximum absolute atomic E-state index is 5.65. The number of ether oxygens (including phenoxy) is 1. The molecule has 5 nitrogen and oxygen atoms in total. The van der Waals surface area contributed by atoms with Crippen molar-refractivity contribution < 1.29 is 4.74 Å². The van der Waals surface area contributed by atoms with Gasteiger partial charge in [0.25, 0.3) is 0 Å². The summed E-state index contributed by atoms with van der Waals surface area (Å²) in [6.07, 6.45) is 2.28. The second kappa shape index (κ2) is 3.12. The molecule has 0 aromatic carbocycles. The maximum Gasteiger partial charge on any atom is 0.220 e. The van der Waals surface area contributed by atoms with E-state index in [2.05, 4.69) is 10.2 Å². The Morgan fingerprint density at radius 3 is 2.85 bits per heavy atom. The molecule has 13 heavy (non-hydrogen) atoms. The average Bonchev–Trinajstić information content (AvgIpc) is 2.33. The van der Waals surface area contributed by atoms with Crippen molar-refractivity contribution in [3.8, 4) is 0 Å². The van der Waals surface area contributed by atoms with E-state index < -0.39 is 0 Å². The van der Waals surface area contributed by atoms with Crippen molar-refractivity contribution in [1.29, 1.82) is 0 Å². The van der Waals surface area contributed by atoms with Gasteiger partial charge >= 0.3 is 0 Å². The first-order valence-corrected chi connectivity index (χ1v) is 4.58. The number of nitrogens with one attached hydrogen (secondary N) is 1. The Morgan fingerprint density at radius 2 is 2.38 bits per heavy atom. The smallest absolute Gasteiger partial charge is 0.220 e. The first-order valence-electron chi connectivity index (χ1n) is 4.17. The van der Waals surface area contributed by atoms with Crippen molar-refractivity contribution in [2.45, 2.75) is 25.0 Å². The van der Waals surface area contributed by atoms with Crippen molar-refractivity contribution in [2.75, 3.05) is 12.8 Å². The van der Waals surface area contributed by atoms with Crippen LogP contribution in [0.5, 0.6) is 0 Å². The number of nitrogens with zero attached hydrogens (tertiary/aromatic N) is 2. The molecule has 1 heterocycles. The third kappa shape index (κ3) is 1.36. The minimum Gasteiger partial charge on any atom is -0.381 e. The van der Waals surface area contributed by atoms with E-state index in [-0.39, 0.29) is 0 Å². The lowest BCUT2D eigenvalue weighted by atomic mass is 9.89. The van der Waals surface area contributed by atoms with Gasteiger partial charge in [-0.3, -0.25) is 4.57 Å². The van der Waals surface area contributed by atoms with Crippen molar-refractivity contribution in [2.24, 2.45) is 0 Å². The fourth-order valence-corrected chi connectivity index (χ4v) is 1.90. The first-order chi connectivity index (χ1) is 6.22. The first kappa shape index (κ1) is 8.71. The Hall–Kier alpha value is -0.880. The highest BCUT2D eigenvalue weighted by atomic mass is 32.1. The van der Waals surface area contributed by atoms with Gasteiger partial charge in [-0.15, -0.1) is 5.10 Å². The van der Waals surface area contributed by atoms with Crippen LogP contribution in [0.2, 0.25) is 0 Å². The highest BCUT2D eigenvalue weighted by Crippen LogP contribution is 2.35. The van der Waals surface area contributed by atoms with Gasteiger partial charge in [0.05, 0.1) is 6.10 Å². The lowest BCUT2D eigenvalue weighted by molar-refractivity contribution is 0.00635. The Bertz CT molecular complexity index is 352. The molecule has 1 aliphatic rings. The Labute approximate surface area is 80.9 Å². The molecular weight excluding hydrogens is 188 g/mol. The van der Waals surface area contributed by atoms with Crippen LogP contribution in [0.1, 0.15) is 18.9 Å². The van der Waals surface area contributed by atoms with Crippen LogP contribution in [0, 0.1) is 4.77 Å². The number of hydrogen-bond donors (Lipinski definition) is 2. The molecule has 0 spiro atoms. The highest BCUT2D eigenvalue weighted by molar-refractivity contribution is 7.71. The standard InChI is InChI=1S/C7H12N4OS/c1-12-5-2-4(3-5)11-6(8)9-10-7(11)13/h4-5H,2-3H2,1H3,(H2,8,9)(H,10,13). The molecule has 0 saturated heterocycles. The predicted molar refractivity (Wildman–Crippen MR) is 50.9 cm³/mol. The lowest BCUT2D eigenvalue weighted by Gasteiger charge is -2.34. The van der Waals surface area contributed by atoms with E-state index in [0.29, 0.717) is 22.9 Å². The molecule has 0 radical (unpaired) electrons. The molecule has 1 aromatic rings. The molecular formula is C7H12N4OS. The van der Waals surface area contributed by atoms with Crippen LogP contribution in [0.25, 0.3) is 0 Å². The SMILES string of the molecule is COC1CC(n2c(N)n[nH]c2=S)C1. The van der Waals surface area contributed by atoms with Gasteiger partial charge in [0.1, 0.15) is 0 Å². The average molecular weight is 200 g/mol. The van der Waals surface area contributed by atoms with E-state index in [1.165, 1.54) is 0 Å². The van der Waals surface area contributed by atoms with Gasteiger partial charge in [-0.25, -0.2) is 5.10 Å². The number of nitrogen functional groups attached to an aromatic ring is 1. The Morgan fingerprint density at radius 1 is 1.69 bits per heavy atom. The van der Waals surface area contributed by atoms with Crippen molar-refractivity contribution in [1.82, 2.24) is 14.8 Å². The number of H-pyrrole nitrogens is 1. The van der Waals surface area contributed by atoms with Gasteiger partial charge in [0, 0.05) is 13.2 Å². The van der Waals surface area contributed by atoms with E-state index >= 15 is 0 Å². The number of nitrogens with two attached hydrogens (primary N) is 1. The summed E-state index contributed by atoms with van der Waals surface area (Å²) in [5.74, 6) is 0.463. The topological polar surface area (TPSA) is 68.9 Å². The van der Waals surface area contributed by atoms with Crippen LogP contribution in [-0.4, -0.2) is 28.0 Å². The van der Waals surface area contributed by atoms with E-state index in [9.17, 15) is 0 Å². The van der Waals surface area contributed by atoms with Crippen LogP contribution < -0.4 is 5.73 Å². The fourth-order valence-electron chi connectivity index (χ4n) is 1.61. The predicted octanol–water partition coefficient (Wildman–Crippen LogP) is 0.873. The van der Waals surface area contributed by atoms with E-state index in [1.807, 2.05) is 4.57 Å². The molecule has 2 rings (SSSR count). The third-order valence-corrected chi connectivity index (χ3v) is 2.79. The number of methoxy groups -OCH3 is 1. The molecule has 0 aliphatic heterocycles.